The number of hydrogen-bond acceptors (Lipinski definition) is 1. The molecule has 0 amide bonds. The predicted molar refractivity (Wildman–Crippen MR) is 66.7 cm³/mol. The van der Waals surface area contributed by atoms with Crippen molar-refractivity contribution in [1.29, 1.82) is 0 Å². The Bertz CT molecular complexity index is 442. The van der Waals surface area contributed by atoms with Gasteiger partial charge < -0.3 is 5.32 Å². The van der Waals surface area contributed by atoms with Crippen LogP contribution >= 0.6 is 0 Å². The molecule has 0 bridgehead atoms. The van der Waals surface area contributed by atoms with Crippen molar-refractivity contribution < 1.29 is 22.0 Å². The van der Waals surface area contributed by atoms with Crippen LogP contribution in [-0.2, 0) is 0 Å². The highest BCUT2D eigenvalue weighted by molar-refractivity contribution is 5.27. The van der Waals surface area contributed by atoms with Gasteiger partial charge in [-0.15, -0.1) is 0 Å². The van der Waals surface area contributed by atoms with Gasteiger partial charge in [0.25, 0.3) is 0 Å². The fourth-order valence-electron chi connectivity index (χ4n) is 2.26. The summed E-state index contributed by atoms with van der Waals surface area (Å²) in [6.45, 7) is 3.83. The highest BCUT2D eigenvalue weighted by Gasteiger charge is 2.30. The molecule has 0 fully saturated rings. The van der Waals surface area contributed by atoms with Crippen molar-refractivity contribution in [2.45, 2.75) is 39.2 Å². The van der Waals surface area contributed by atoms with E-state index in [1.165, 1.54) is 7.05 Å². The van der Waals surface area contributed by atoms with Crippen LogP contribution in [0.1, 0.15) is 44.7 Å². The molecule has 1 unspecified atom stereocenters. The van der Waals surface area contributed by atoms with E-state index in [1.807, 2.05) is 13.8 Å². The van der Waals surface area contributed by atoms with Crippen molar-refractivity contribution in [3.8, 4) is 0 Å². The summed E-state index contributed by atoms with van der Waals surface area (Å²) in [5, 5.41) is 2.64. The Morgan fingerprint density at radius 1 is 0.800 bits per heavy atom. The first-order valence-electron chi connectivity index (χ1n) is 6.57. The topological polar surface area (TPSA) is 12.0 Å². The SMILES string of the molecule is CCC(CC)CC(NC)c1c(F)c(F)c(F)c(F)c1F. The minimum Gasteiger partial charge on any atom is -0.313 e. The van der Waals surface area contributed by atoms with Crippen LogP contribution in [-0.4, -0.2) is 7.05 Å². The fourth-order valence-corrected chi connectivity index (χ4v) is 2.26. The molecule has 1 aromatic rings. The molecular weight excluding hydrogens is 277 g/mol. The average Bonchev–Trinajstić information content (AvgIpc) is 2.46. The van der Waals surface area contributed by atoms with E-state index in [9.17, 15) is 22.0 Å². The second-order valence-corrected chi connectivity index (χ2v) is 4.74. The van der Waals surface area contributed by atoms with Crippen molar-refractivity contribution in [3.63, 3.8) is 0 Å². The van der Waals surface area contributed by atoms with Crippen LogP contribution in [0.5, 0.6) is 0 Å². The van der Waals surface area contributed by atoms with E-state index in [1.54, 1.807) is 0 Å². The van der Waals surface area contributed by atoms with Crippen LogP contribution in [0.15, 0.2) is 0 Å². The number of benzene rings is 1. The molecule has 114 valence electrons. The van der Waals surface area contributed by atoms with E-state index in [4.69, 9.17) is 0 Å². The molecule has 0 aliphatic rings. The fraction of sp³-hybridized carbons (Fsp3) is 0.571. The van der Waals surface area contributed by atoms with E-state index >= 15 is 0 Å². The first-order valence-corrected chi connectivity index (χ1v) is 6.57. The second-order valence-electron chi connectivity index (χ2n) is 4.74. The molecule has 1 N–H and O–H groups in total. The number of nitrogens with one attached hydrogen (secondary N) is 1. The van der Waals surface area contributed by atoms with Crippen LogP contribution in [0.25, 0.3) is 0 Å². The van der Waals surface area contributed by atoms with Gasteiger partial charge in [-0.2, -0.15) is 0 Å². The Hall–Kier alpha value is -1.17. The summed E-state index contributed by atoms with van der Waals surface area (Å²) in [7, 11) is 1.44. The molecule has 0 saturated heterocycles. The van der Waals surface area contributed by atoms with E-state index in [0.717, 1.165) is 12.8 Å². The molecular formula is C14H18F5N. The summed E-state index contributed by atoms with van der Waals surface area (Å²) in [5.41, 5.74) is -0.782. The van der Waals surface area contributed by atoms with Crippen molar-refractivity contribution in [1.82, 2.24) is 5.32 Å². The summed E-state index contributed by atoms with van der Waals surface area (Å²) in [4.78, 5) is 0. The molecule has 0 radical (unpaired) electrons. The standard InChI is InChI=1S/C14H18F5N/c1-4-7(5-2)6-8(20-3)9-10(15)12(17)14(19)13(18)11(9)16/h7-8,20H,4-6H2,1-3H3. The molecule has 0 saturated carbocycles. The largest absolute Gasteiger partial charge is 0.313 e. The van der Waals surface area contributed by atoms with Crippen LogP contribution in [0.4, 0.5) is 22.0 Å². The van der Waals surface area contributed by atoms with Crippen molar-refractivity contribution >= 4 is 0 Å². The highest BCUT2D eigenvalue weighted by Crippen LogP contribution is 2.32. The maximum atomic E-state index is 13.7. The third-order valence-electron chi connectivity index (χ3n) is 3.66. The van der Waals surface area contributed by atoms with Gasteiger partial charge >= 0.3 is 0 Å². The zero-order valence-corrected chi connectivity index (χ0v) is 11.7. The monoisotopic (exact) mass is 295 g/mol. The Morgan fingerprint density at radius 3 is 1.55 bits per heavy atom. The third-order valence-corrected chi connectivity index (χ3v) is 3.66. The van der Waals surface area contributed by atoms with Crippen molar-refractivity contribution in [2.24, 2.45) is 5.92 Å². The molecule has 1 aromatic carbocycles. The summed E-state index contributed by atoms with van der Waals surface area (Å²) in [6, 6.07) is -0.912. The number of halogens is 5. The molecule has 0 aliphatic carbocycles. The molecule has 0 aliphatic heterocycles. The van der Waals surface area contributed by atoms with Crippen LogP contribution < -0.4 is 5.32 Å². The second kappa shape index (κ2) is 7.02. The normalized spacial score (nSPS) is 13.1. The Labute approximate surface area is 115 Å². The molecule has 20 heavy (non-hydrogen) atoms. The van der Waals surface area contributed by atoms with Gasteiger partial charge in [-0.3, -0.25) is 0 Å². The highest BCUT2D eigenvalue weighted by atomic mass is 19.2. The van der Waals surface area contributed by atoms with Crippen LogP contribution in [0, 0.1) is 35.0 Å². The van der Waals surface area contributed by atoms with Gasteiger partial charge in [0.05, 0.1) is 0 Å². The van der Waals surface area contributed by atoms with Crippen molar-refractivity contribution in [2.75, 3.05) is 7.05 Å². The van der Waals surface area contributed by atoms with Crippen LogP contribution in [0.3, 0.4) is 0 Å². The van der Waals surface area contributed by atoms with Crippen LogP contribution in [0.2, 0.25) is 0 Å². The zero-order valence-electron chi connectivity index (χ0n) is 11.7. The minimum absolute atomic E-state index is 0.141. The molecule has 6 heteroatoms. The lowest BCUT2D eigenvalue weighted by molar-refractivity contribution is 0.333. The average molecular weight is 295 g/mol. The maximum absolute atomic E-state index is 13.7. The third kappa shape index (κ3) is 3.11. The lowest BCUT2D eigenvalue weighted by Crippen LogP contribution is -2.24. The molecule has 1 atom stereocenters. The zero-order chi connectivity index (χ0) is 15.4. The van der Waals surface area contributed by atoms with Gasteiger partial charge in [-0.05, 0) is 19.4 Å². The van der Waals surface area contributed by atoms with Gasteiger partial charge in [0, 0.05) is 11.6 Å². The Morgan fingerprint density at radius 2 is 1.20 bits per heavy atom. The number of hydrogen-bond donors (Lipinski definition) is 1. The van der Waals surface area contributed by atoms with Gasteiger partial charge in [-0.25, -0.2) is 22.0 Å². The minimum atomic E-state index is -2.12. The van der Waals surface area contributed by atoms with E-state index in [-0.39, 0.29) is 5.92 Å². The van der Waals surface area contributed by atoms with Gasteiger partial charge in [0.2, 0.25) is 5.82 Å². The van der Waals surface area contributed by atoms with E-state index < -0.39 is 40.7 Å². The molecule has 0 spiro atoms. The number of rotatable bonds is 6. The van der Waals surface area contributed by atoms with Gasteiger partial charge in [0.15, 0.2) is 23.3 Å². The lowest BCUT2D eigenvalue weighted by atomic mass is 9.90. The van der Waals surface area contributed by atoms with Gasteiger partial charge in [-0.1, -0.05) is 26.7 Å². The summed E-state index contributed by atoms with van der Waals surface area (Å²) in [6.07, 6.45) is 1.84. The maximum Gasteiger partial charge on any atom is 0.200 e. The molecule has 0 aromatic heterocycles. The van der Waals surface area contributed by atoms with E-state index in [0.29, 0.717) is 6.42 Å². The Balaban J connectivity index is 3.29. The molecule has 1 rings (SSSR count). The smallest absolute Gasteiger partial charge is 0.200 e. The van der Waals surface area contributed by atoms with Gasteiger partial charge in [0.1, 0.15) is 0 Å². The molecule has 0 heterocycles. The lowest BCUT2D eigenvalue weighted by Gasteiger charge is -2.23. The first-order chi connectivity index (χ1) is 9.38. The quantitative estimate of drug-likeness (QED) is 0.464. The Kier molecular flexibility index (Phi) is 5.92. The molecule has 1 nitrogen and oxygen atoms in total. The predicted octanol–water partition coefficient (Wildman–Crippen LogP) is 4.47. The summed E-state index contributed by atoms with van der Waals surface area (Å²) < 4.78 is 66.9. The summed E-state index contributed by atoms with van der Waals surface area (Å²) in [5.74, 6) is -9.30. The van der Waals surface area contributed by atoms with E-state index in [2.05, 4.69) is 5.32 Å². The van der Waals surface area contributed by atoms with Crippen molar-refractivity contribution in [3.05, 3.63) is 34.6 Å². The summed E-state index contributed by atoms with van der Waals surface area (Å²) >= 11 is 0. The first kappa shape index (κ1) is 16.9.